The largest absolute Gasteiger partial charge is 0.476 e. The van der Waals surface area contributed by atoms with Gasteiger partial charge in [-0.1, -0.05) is 36.6 Å². The predicted molar refractivity (Wildman–Crippen MR) is 141 cm³/mol. The number of ether oxygens (including phenoxy) is 1. The van der Waals surface area contributed by atoms with E-state index in [1.54, 1.807) is 0 Å². The maximum absolute atomic E-state index is 6.32. The Morgan fingerprint density at radius 3 is 2.50 bits per heavy atom. The fourth-order valence-corrected chi connectivity index (χ4v) is 5.54. The number of hydrogen-bond acceptors (Lipinski definition) is 4. The summed E-state index contributed by atoms with van der Waals surface area (Å²) in [6.45, 7) is 8.33. The Hall–Kier alpha value is -2.24. The van der Waals surface area contributed by atoms with Crippen molar-refractivity contribution in [3.8, 4) is 5.88 Å². The summed E-state index contributed by atoms with van der Waals surface area (Å²) in [4.78, 5) is 5.11. The molecular weight excluding hydrogens is 444 g/mol. The molecule has 0 saturated carbocycles. The van der Waals surface area contributed by atoms with E-state index in [9.17, 15) is 0 Å². The van der Waals surface area contributed by atoms with Crippen molar-refractivity contribution in [3.05, 3.63) is 53.1 Å². The number of fused-ring (bicyclic) bond motifs is 1. The molecule has 34 heavy (non-hydrogen) atoms. The molecular formula is C28H37ClN4O. The van der Waals surface area contributed by atoms with Crippen molar-refractivity contribution >= 4 is 28.2 Å². The normalized spacial score (nSPS) is 19.6. The fraction of sp³-hybridized carbons (Fsp3) is 0.536. The molecule has 0 bridgehead atoms. The van der Waals surface area contributed by atoms with Crippen LogP contribution >= 0.6 is 11.6 Å². The smallest absolute Gasteiger partial charge is 0.240 e. The molecule has 3 heterocycles. The van der Waals surface area contributed by atoms with Crippen LogP contribution in [0.15, 0.2) is 42.5 Å². The molecule has 182 valence electrons. The van der Waals surface area contributed by atoms with Crippen LogP contribution in [0.25, 0.3) is 10.9 Å². The average Bonchev–Trinajstić information content (AvgIpc) is 3.28. The number of halogens is 1. The first kappa shape index (κ1) is 23.5. The number of nitrogens with zero attached hydrogens (tertiary/aromatic N) is 4. The van der Waals surface area contributed by atoms with E-state index >= 15 is 0 Å². The highest BCUT2D eigenvalue weighted by atomic mass is 35.5. The topological polar surface area (TPSA) is 33.5 Å². The lowest BCUT2D eigenvalue weighted by molar-refractivity contribution is 0.227. The van der Waals surface area contributed by atoms with Gasteiger partial charge in [0, 0.05) is 36.4 Å². The molecule has 2 fully saturated rings. The second-order valence-corrected chi connectivity index (χ2v) is 10.4. The average molecular weight is 481 g/mol. The highest BCUT2D eigenvalue weighted by molar-refractivity contribution is 6.30. The van der Waals surface area contributed by atoms with Crippen molar-refractivity contribution in [1.82, 2.24) is 14.7 Å². The Labute approximate surface area is 208 Å². The van der Waals surface area contributed by atoms with Crippen molar-refractivity contribution in [2.24, 2.45) is 0 Å². The van der Waals surface area contributed by atoms with Crippen LogP contribution in [0.4, 0.5) is 5.69 Å². The lowest BCUT2D eigenvalue weighted by atomic mass is 10.2. The lowest BCUT2D eigenvalue weighted by Crippen LogP contribution is -2.28. The van der Waals surface area contributed by atoms with Gasteiger partial charge in [0.2, 0.25) is 5.88 Å². The van der Waals surface area contributed by atoms with Crippen molar-refractivity contribution in [2.75, 3.05) is 37.7 Å². The van der Waals surface area contributed by atoms with Crippen LogP contribution < -0.4 is 9.64 Å². The zero-order chi connectivity index (χ0) is 23.3. The van der Waals surface area contributed by atoms with E-state index in [2.05, 4.69) is 51.7 Å². The number of likely N-dealkylation sites (tertiary alicyclic amines) is 1. The van der Waals surface area contributed by atoms with Gasteiger partial charge < -0.3 is 14.5 Å². The van der Waals surface area contributed by atoms with Gasteiger partial charge in [-0.05, 0) is 81.5 Å². The molecule has 2 aliphatic heterocycles. The van der Waals surface area contributed by atoms with E-state index in [1.165, 1.54) is 56.3 Å². The summed E-state index contributed by atoms with van der Waals surface area (Å²) >= 11 is 6.09. The van der Waals surface area contributed by atoms with Gasteiger partial charge >= 0.3 is 0 Å². The number of hydrogen-bond donors (Lipinski definition) is 0. The Bertz CT molecular complexity index is 1070. The fourth-order valence-electron chi connectivity index (χ4n) is 5.41. The van der Waals surface area contributed by atoms with E-state index in [1.807, 2.05) is 12.1 Å². The van der Waals surface area contributed by atoms with Gasteiger partial charge in [-0.25, -0.2) is 0 Å². The van der Waals surface area contributed by atoms with E-state index in [0.717, 1.165) is 47.9 Å². The first-order valence-corrected chi connectivity index (χ1v) is 13.4. The van der Waals surface area contributed by atoms with Gasteiger partial charge in [0.05, 0.1) is 24.1 Å². The molecule has 1 unspecified atom stereocenters. The van der Waals surface area contributed by atoms with Crippen LogP contribution in [0.3, 0.4) is 0 Å². The molecule has 2 aliphatic rings. The molecule has 3 aromatic rings. The van der Waals surface area contributed by atoms with Crippen LogP contribution in [0.5, 0.6) is 5.88 Å². The molecule has 0 amide bonds. The molecule has 5 nitrogen and oxygen atoms in total. The molecule has 0 N–H and O–H groups in total. The molecule has 2 aromatic carbocycles. The third-order valence-electron chi connectivity index (χ3n) is 7.44. The molecule has 1 atom stereocenters. The standard InChI is InChI=1S/C28H37ClN4O/c1-22-8-6-17-31(22)18-7-19-34-28-26-20-25(32-15-4-2-3-5-16-32)13-14-27(26)33(30-28)21-23-9-11-24(29)12-10-23/h9-14,20,22H,2-8,15-19,21H2,1H3. The minimum Gasteiger partial charge on any atom is -0.476 e. The summed E-state index contributed by atoms with van der Waals surface area (Å²) in [5.74, 6) is 0.759. The summed E-state index contributed by atoms with van der Waals surface area (Å²) in [6.07, 6.45) is 8.88. The Balaban J connectivity index is 1.36. The van der Waals surface area contributed by atoms with Crippen molar-refractivity contribution in [2.45, 2.75) is 64.5 Å². The first-order chi connectivity index (χ1) is 16.7. The third-order valence-corrected chi connectivity index (χ3v) is 7.69. The monoisotopic (exact) mass is 480 g/mol. The van der Waals surface area contributed by atoms with Gasteiger partial charge in [-0.2, -0.15) is 0 Å². The maximum atomic E-state index is 6.32. The Morgan fingerprint density at radius 1 is 0.971 bits per heavy atom. The number of aromatic nitrogens is 2. The quantitative estimate of drug-likeness (QED) is 0.351. The summed E-state index contributed by atoms with van der Waals surface area (Å²) in [6, 6.07) is 15.5. The second kappa shape index (κ2) is 11.0. The van der Waals surface area contributed by atoms with E-state index in [0.29, 0.717) is 19.2 Å². The number of benzene rings is 2. The minimum absolute atomic E-state index is 0.699. The molecule has 5 rings (SSSR count). The van der Waals surface area contributed by atoms with Crippen LogP contribution in [-0.2, 0) is 6.54 Å². The van der Waals surface area contributed by atoms with Crippen LogP contribution in [0.2, 0.25) is 5.02 Å². The van der Waals surface area contributed by atoms with Gasteiger partial charge in [0.25, 0.3) is 0 Å². The molecule has 0 aliphatic carbocycles. The highest BCUT2D eigenvalue weighted by Crippen LogP contribution is 2.31. The van der Waals surface area contributed by atoms with Crippen LogP contribution in [0.1, 0.15) is 57.4 Å². The zero-order valence-electron chi connectivity index (χ0n) is 20.4. The van der Waals surface area contributed by atoms with Gasteiger partial charge in [0.15, 0.2) is 0 Å². The second-order valence-electron chi connectivity index (χ2n) is 9.92. The Morgan fingerprint density at radius 2 is 1.76 bits per heavy atom. The maximum Gasteiger partial charge on any atom is 0.240 e. The van der Waals surface area contributed by atoms with Crippen molar-refractivity contribution in [1.29, 1.82) is 0 Å². The first-order valence-electron chi connectivity index (χ1n) is 13.0. The third kappa shape index (κ3) is 5.52. The van der Waals surface area contributed by atoms with Gasteiger partial charge in [-0.15, -0.1) is 5.10 Å². The van der Waals surface area contributed by atoms with Crippen LogP contribution in [0, 0.1) is 0 Å². The Kier molecular flexibility index (Phi) is 7.60. The summed E-state index contributed by atoms with van der Waals surface area (Å²) in [7, 11) is 0. The minimum atomic E-state index is 0.699. The molecule has 0 spiro atoms. The number of rotatable bonds is 8. The van der Waals surface area contributed by atoms with E-state index < -0.39 is 0 Å². The summed E-state index contributed by atoms with van der Waals surface area (Å²) in [5.41, 5.74) is 3.59. The van der Waals surface area contributed by atoms with Crippen LogP contribution in [-0.4, -0.2) is 53.5 Å². The molecule has 1 aromatic heterocycles. The highest BCUT2D eigenvalue weighted by Gasteiger charge is 2.20. The molecule has 6 heteroatoms. The number of anilines is 1. The summed E-state index contributed by atoms with van der Waals surface area (Å²) in [5, 5.41) is 6.80. The lowest BCUT2D eigenvalue weighted by Gasteiger charge is -2.22. The van der Waals surface area contributed by atoms with E-state index in [4.69, 9.17) is 21.4 Å². The van der Waals surface area contributed by atoms with Crippen molar-refractivity contribution < 1.29 is 4.74 Å². The SMILES string of the molecule is CC1CCCN1CCCOc1nn(Cc2ccc(Cl)cc2)c2ccc(N3CCCCCC3)cc12. The van der Waals surface area contributed by atoms with Gasteiger partial charge in [0.1, 0.15) is 0 Å². The zero-order valence-corrected chi connectivity index (χ0v) is 21.1. The molecule has 2 saturated heterocycles. The van der Waals surface area contributed by atoms with Crippen molar-refractivity contribution in [3.63, 3.8) is 0 Å². The predicted octanol–water partition coefficient (Wildman–Crippen LogP) is 6.37. The van der Waals surface area contributed by atoms with Gasteiger partial charge in [-0.3, -0.25) is 4.68 Å². The van der Waals surface area contributed by atoms with E-state index in [-0.39, 0.29) is 0 Å². The summed E-state index contributed by atoms with van der Waals surface area (Å²) < 4.78 is 8.39. The molecule has 0 radical (unpaired) electrons.